The predicted octanol–water partition coefficient (Wildman–Crippen LogP) is 2.34. The van der Waals surface area contributed by atoms with Crippen LogP contribution in [0, 0.1) is 0 Å². The van der Waals surface area contributed by atoms with Gasteiger partial charge in [0.2, 0.25) is 0 Å². The molecule has 2 unspecified atom stereocenters. The van der Waals surface area contributed by atoms with Crippen LogP contribution in [-0.2, 0) is 11.2 Å². The lowest BCUT2D eigenvalue weighted by Gasteiger charge is -2.02. The summed E-state index contributed by atoms with van der Waals surface area (Å²) in [6, 6.07) is 6.05. The topological polar surface area (TPSA) is 12.5 Å². The monoisotopic (exact) mass is 166 g/mol. The van der Waals surface area contributed by atoms with E-state index < -0.39 is 0 Å². The van der Waals surface area contributed by atoms with Gasteiger partial charge in [-0.05, 0) is 17.2 Å². The molecule has 0 saturated carbocycles. The van der Waals surface area contributed by atoms with Gasteiger partial charge in [0.05, 0.1) is 6.10 Å². The van der Waals surface area contributed by atoms with Gasteiger partial charge in [0, 0.05) is 11.4 Å². The summed E-state index contributed by atoms with van der Waals surface area (Å²) in [6.07, 6.45) is 1.84. The van der Waals surface area contributed by atoms with Gasteiger partial charge in [0.25, 0.3) is 0 Å². The third kappa shape index (κ3) is 0.700. The molecule has 3 rings (SSSR count). The Balaban J connectivity index is 2.24. The maximum absolute atomic E-state index is 6.00. The molecule has 2 atom stereocenters. The lowest BCUT2D eigenvalue weighted by molar-refractivity contribution is 0.361. The molecular weight excluding hydrogens is 160 g/mol. The highest BCUT2D eigenvalue weighted by Crippen LogP contribution is 2.50. The van der Waals surface area contributed by atoms with E-state index in [2.05, 4.69) is 6.07 Å². The second-order valence-corrected chi connectivity index (χ2v) is 3.51. The minimum absolute atomic E-state index is 0.378. The van der Waals surface area contributed by atoms with E-state index in [1.165, 1.54) is 11.1 Å². The van der Waals surface area contributed by atoms with Crippen LogP contribution in [0.1, 0.15) is 17.2 Å². The Morgan fingerprint density at radius 1 is 1.45 bits per heavy atom. The third-order valence-corrected chi connectivity index (χ3v) is 2.80. The Morgan fingerprint density at radius 2 is 2.36 bits per heavy atom. The van der Waals surface area contributed by atoms with Gasteiger partial charge >= 0.3 is 0 Å². The Kier molecular flexibility index (Phi) is 0.984. The van der Waals surface area contributed by atoms with Crippen molar-refractivity contribution < 1.29 is 4.74 Å². The molecule has 1 aliphatic heterocycles. The summed E-state index contributed by atoms with van der Waals surface area (Å²) in [5.41, 5.74) is 2.61. The number of epoxide rings is 1. The molecule has 1 saturated heterocycles. The van der Waals surface area contributed by atoms with Crippen LogP contribution in [0.3, 0.4) is 0 Å². The number of hydrogen-bond acceptors (Lipinski definition) is 1. The van der Waals surface area contributed by atoms with E-state index in [-0.39, 0.29) is 0 Å². The first-order valence-electron chi connectivity index (χ1n) is 3.79. The van der Waals surface area contributed by atoms with Gasteiger partial charge in [-0.3, -0.25) is 0 Å². The SMILES string of the molecule is Clc1cccc2c1CC1OC21. The first kappa shape index (κ1) is 6.04. The molecule has 1 heterocycles. The van der Waals surface area contributed by atoms with E-state index in [1.54, 1.807) is 0 Å². The number of fused-ring (bicyclic) bond motifs is 3. The molecule has 2 aliphatic rings. The Labute approximate surface area is 69.9 Å². The maximum Gasteiger partial charge on any atom is 0.110 e. The van der Waals surface area contributed by atoms with E-state index in [9.17, 15) is 0 Å². The summed E-state index contributed by atoms with van der Waals surface area (Å²) in [5, 5.41) is 0.901. The van der Waals surface area contributed by atoms with Crippen LogP contribution in [-0.4, -0.2) is 6.10 Å². The fraction of sp³-hybridized carbons (Fsp3) is 0.333. The number of hydrogen-bond donors (Lipinski definition) is 0. The molecule has 0 amide bonds. The van der Waals surface area contributed by atoms with E-state index in [0.717, 1.165) is 11.4 Å². The van der Waals surface area contributed by atoms with Gasteiger partial charge in [-0.15, -0.1) is 0 Å². The van der Waals surface area contributed by atoms with Gasteiger partial charge in [0.15, 0.2) is 0 Å². The standard InChI is InChI=1S/C9H7ClO/c10-7-3-1-2-5-6(7)4-8-9(5)11-8/h1-3,8-9H,4H2. The van der Waals surface area contributed by atoms with E-state index in [4.69, 9.17) is 16.3 Å². The molecule has 1 aromatic carbocycles. The van der Waals surface area contributed by atoms with Gasteiger partial charge in [-0.1, -0.05) is 23.7 Å². The number of benzene rings is 1. The second-order valence-electron chi connectivity index (χ2n) is 3.11. The van der Waals surface area contributed by atoms with Crippen molar-refractivity contribution in [2.75, 3.05) is 0 Å². The van der Waals surface area contributed by atoms with Crippen LogP contribution in [0.15, 0.2) is 18.2 Å². The van der Waals surface area contributed by atoms with Crippen LogP contribution in [0.25, 0.3) is 0 Å². The lowest BCUT2D eigenvalue weighted by Crippen LogP contribution is -1.89. The summed E-state index contributed by atoms with van der Waals surface area (Å²) in [4.78, 5) is 0. The molecule has 0 spiro atoms. The van der Waals surface area contributed by atoms with Gasteiger partial charge in [-0.25, -0.2) is 0 Å². The van der Waals surface area contributed by atoms with Crippen LogP contribution < -0.4 is 0 Å². The minimum Gasteiger partial charge on any atom is -0.364 e. The smallest absolute Gasteiger partial charge is 0.110 e. The summed E-state index contributed by atoms with van der Waals surface area (Å²) in [6.45, 7) is 0. The highest BCUT2D eigenvalue weighted by Gasteiger charge is 2.47. The fourth-order valence-corrected chi connectivity index (χ4v) is 2.09. The van der Waals surface area contributed by atoms with Gasteiger partial charge in [0.1, 0.15) is 6.10 Å². The molecule has 56 valence electrons. The normalized spacial score (nSPS) is 31.4. The van der Waals surface area contributed by atoms with Crippen molar-refractivity contribution in [1.29, 1.82) is 0 Å². The van der Waals surface area contributed by atoms with Crippen LogP contribution in [0.4, 0.5) is 0 Å². The average molecular weight is 167 g/mol. The predicted molar refractivity (Wildman–Crippen MR) is 42.8 cm³/mol. The van der Waals surface area contributed by atoms with Crippen LogP contribution in [0.5, 0.6) is 0 Å². The molecule has 11 heavy (non-hydrogen) atoms. The van der Waals surface area contributed by atoms with Gasteiger partial charge in [-0.2, -0.15) is 0 Å². The first-order chi connectivity index (χ1) is 5.36. The molecule has 2 heteroatoms. The van der Waals surface area contributed by atoms with Crippen LogP contribution >= 0.6 is 11.6 Å². The summed E-state index contributed by atoms with van der Waals surface area (Å²) in [5.74, 6) is 0. The Morgan fingerprint density at radius 3 is 3.18 bits per heavy atom. The summed E-state index contributed by atoms with van der Waals surface area (Å²) < 4.78 is 5.38. The third-order valence-electron chi connectivity index (χ3n) is 2.45. The summed E-state index contributed by atoms with van der Waals surface area (Å²) >= 11 is 6.00. The second kappa shape index (κ2) is 1.79. The molecule has 1 fully saturated rings. The number of ether oxygens (including phenoxy) is 1. The molecule has 0 N–H and O–H groups in total. The zero-order valence-electron chi connectivity index (χ0n) is 5.88. The van der Waals surface area contributed by atoms with Crippen molar-refractivity contribution in [2.24, 2.45) is 0 Å². The quantitative estimate of drug-likeness (QED) is 0.539. The maximum atomic E-state index is 6.00. The van der Waals surface area contributed by atoms with Crippen molar-refractivity contribution in [3.05, 3.63) is 34.3 Å². The molecule has 0 aromatic heterocycles. The molecule has 1 aromatic rings. The summed E-state index contributed by atoms with van der Waals surface area (Å²) in [7, 11) is 0. The lowest BCUT2D eigenvalue weighted by atomic mass is 10.1. The molecular formula is C9H7ClO. The van der Waals surface area contributed by atoms with E-state index >= 15 is 0 Å². The molecule has 1 nitrogen and oxygen atoms in total. The van der Waals surface area contributed by atoms with Crippen molar-refractivity contribution in [1.82, 2.24) is 0 Å². The van der Waals surface area contributed by atoms with Crippen molar-refractivity contribution >= 4 is 11.6 Å². The minimum atomic E-state index is 0.378. The highest BCUT2D eigenvalue weighted by molar-refractivity contribution is 6.31. The number of rotatable bonds is 0. The Hall–Kier alpha value is -0.530. The average Bonchev–Trinajstić information content (AvgIpc) is 2.67. The highest BCUT2D eigenvalue weighted by atomic mass is 35.5. The van der Waals surface area contributed by atoms with Crippen LogP contribution in [0.2, 0.25) is 5.02 Å². The van der Waals surface area contributed by atoms with Crippen molar-refractivity contribution in [3.8, 4) is 0 Å². The molecule has 0 bridgehead atoms. The van der Waals surface area contributed by atoms with E-state index in [0.29, 0.717) is 12.2 Å². The zero-order chi connectivity index (χ0) is 7.42. The first-order valence-corrected chi connectivity index (χ1v) is 4.17. The zero-order valence-corrected chi connectivity index (χ0v) is 6.64. The largest absolute Gasteiger partial charge is 0.364 e. The van der Waals surface area contributed by atoms with Crippen molar-refractivity contribution in [2.45, 2.75) is 18.6 Å². The molecule has 0 radical (unpaired) electrons. The van der Waals surface area contributed by atoms with E-state index in [1.807, 2.05) is 12.1 Å². The molecule has 1 aliphatic carbocycles. The fourth-order valence-electron chi connectivity index (χ4n) is 1.83. The number of halogens is 1. The van der Waals surface area contributed by atoms with Gasteiger partial charge < -0.3 is 4.74 Å². The van der Waals surface area contributed by atoms with Crippen molar-refractivity contribution in [3.63, 3.8) is 0 Å². The Bertz CT molecular complexity index is 321.